The fourth-order valence-corrected chi connectivity index (χ4v) is 3.54. The van der Waals surface area contributed by atoms with E-state index in [1.165, 1.54) is 7.11 Å². The van der Waals surface area contributed by atoms with Crippen molar-refractivity contribution in [1.29, 1.82) is 5.26 Å². The summed E-state index contributed by atoms with van der Waals surface area (Å²) in [6.45, 7) is -0.328. The number of hydrogen-bond donors (Lipinski definition) is 2. The minimum Gasteiger partial charge on any atom is -0.497 e. The lowest BCUT2D eigenvalue weighted by Gasteiger charge is -2.19. The fourth-order valence-electron chi connectivity index (χ4n) is 3.29. The van der Waals surface area contributed by atoms with Crippen LogP contribution in [0.3, 0.4) is 0 Å². The van der Waals surface area contributed by atoms with Crippen LogP contribution in [-0.2, 0) is 11.2 Å². The Morgan fingerprint density at radius 3 is 2.32 bits per heavy atom. The maximum atomic E-state index is 14.4. The molecule has 0 spiro atoms. The van der Waals surface area contributed by atoms with Crippen LogP contribution in [0.2, 0.25) is 5.02 Å². The lowest BCUT2D eigenvalue weighted by atomic mass is 10.0. The molecule has 174 valence electrons. The number of rotatable bonds is 8. The zero-order valence-corrected chi connectivity index (χ0v) is 18.8. The Kier molecular flexibility index (Phi) is 8.17. The summed E-state index contributed by atoms with van der Waals surface area (Å²) in [5.74, 6) is -3.25. The first-order chi connectivity index (χ1) is 16.3. The smallest absolute Gasteiger partial charge is 0.251 e. The lowest BCUT2D eigenvalue weighted by Crippen LogP contribution is -2.48. The topological polar surface area (TPSA) is 91.2 Å². The molecular formula is C25H20ClF2N3O3. The van der Waals surface area contributed by atoms with E-state index >= 15 is 0 Å². The number of carbonyl (C=O) groups excluding carboxylic acids is 2. The van der Waals surface area contributed by atoms with Gasteiger partial charge in [0.1, 0.15) is 30.0 Å². The molecule has 0 aliphatic rings. The van der Waals surface area contributed by atoms with Crippen molar-refractivity contribution in [2.24, 2.45) is 0 Å². The number of benzene rings is 3. The van der Waals surface area contributed by atoms with Crippen LogP contribution in [0.1, 0.15) is 15.9 Å². The monoisotopic (exact) mass is 483 g/mol. The van der Waals surface area contributed by atoms with Crippen LogP contribution < -0.4 is 15.4 Å². The van der Waals surface area contributed by atoms with Gasteiger partial charge in [-0.05, 0) is 23.8 Å². The van der Waals surface area contributed by atoms with E-state index in [-0.39, 0.29) is 17.9 Å². The summed E-state index contributed by atoms with van der Waals surface area (Å²) in [5, 5.41) is 14.1. The number of nitriles is 1. The zero-order chi connectivity index (χ0) is 24.7. The first-order valence-electron chi connectivity index (χ1n) is 10.2. The predicted molar refractivity (Wildman–Crippen MR) is 123 cm³/mol. The molecule has 0 aliphatic heterocycles. The van der Waals surface area contributed by atoms with Crippen molar-refractivity contribution in [2.45, 2.75) is 12.5 Å². The van der Waals surface area contributed by atoms with Crippen molar-refractivity contribution < 1.29 is 23.1 Å². The van der Waals surface area contributed by atoms with Crippen LogP contribution in [0, 0.1) is 23.0 Å². The summed E-state index contributed by atoms with van der Waals surface area (Å²) in [7, 11) is 1.27. The van der Waals surface area contributed by atoms with Gasteiger partial charge in [0.05, 0.1) is 13.2 Å². The van der Waals surface area contributed by atoms with Gasteiger partial charge in [0.15, 0.2) is 0 Å². The molecule has 0 heterocycles. The van der Waals surface area contributed by atoms with Gasteiger partial charge in [-0.15, -0.1) is 0 Å². The summed E-state index contributed by atoms with van der Waals surface area (Å²) in [5.41, 5.74) is 1.40. The van der Waals surface area contributed by atoms with E-state index < -0.39 is 41.5 Å². The van der Waals surface area contributed by atoms with Gasteiger partial charge in [0.25, 0.3) is 5.91 Å². The molecule has 2 amide bonds. The number of carbonyl (C=O) groups is 2. The van der Waals surface area contributed by atoms with E-state index in [0.717, 1.165) is 23.3 Å². The number of amides is 2. The number of nitrogens with one attached hydrogen (secondary N) is 2. The molecule has 0 saturated carbocycles. The molecule has 2 N–H and O–H groups in total. The average Bonchev–Trinajstić information content (AvgIpc) is 2.84. The quantitative estimate of drug-likeness (QED) is 0.468. The fraction of sp³-hybridized carbons (Fsp3) is 0.160. The van der Waals surface area contributed by atoms with E-state index in [0.29, 0.717) is 5.02 Å². The van der Waals surface area contributed by atoms with Crippen molar-refractivity contribution in [3.8, 4) is 22.9 Å². The van der Waals surface area contributed by atoms with Gasteiger partial charge >= 0.3 is 0 Å². The van der Waals surface area contributed by atoms with E-state index in [1.807, 2.05) is 12.1 Å². The van der Waals surface area contributed by atoms with Crippen LogP contribution in [0.25, 0.3) is 11.1 Å². The van der Waals surface area contributed by atoms with E-state index in [1.54, 1.807) is 42.5 Å². The summed E-state index contributed by atoms with van der Waals surface area (Å²) >= 11 is 6.21. The number of halogens is 3. The first kappa shape index (κ1) is 24.7. The van der Waals surface area contributed by atoms with Gasteiger partial charge in [-0.3, -0.25) is 9.59 Å². The third-order valence-corrected chi connectivity index (χ3v) is 5.38. The molecule has 0 saturated heterocycles. The molecule has 3 rings (SSSR count). The second kappa shape index (κ2) is 11.3. The van der Waals surface area contributed by atoms with Gasteiger partial charge in [-0.1, -0.05) is 41.9 Å². The standard InChI is InChI=1S/C25H20ClF2N3O3/c1-34-17-12-21(27)19(22(28)13-17)14-23(25(33)30-11-10-29)31-24(32)16-8-6-15(7-9-16)18-4-2-3-5-20(18)26/h2-9,12-13,23H,11,14H2,1H3,(H,30,33)(H,31,32)/t23-/m0/s1. The molecule has 34 heavy (non-hydrogen) atoms. The van der Waals surface area contributed by atoms with Crippen LogP contribution in [0.4, 0.5) is 8.78 Å². The highest BCUT2D eigenvalue weighted by Crippen LogP contribution is 2.27. The summed E-state index contributed by atoms with van der Waals surface area (Å²) in [6, 6.07) is 16.1. The minimum absolute atomic E-state index is 0.0214. The Morgan fingerprint density at radius 1 is 1.09 bits per heavy atom. The molecule has 0 aliphatic carbocycles. The van der Waals surface area contributed by atoms with Crippen molar-refractivity contribution in [2.75, 3.05) is 13.7 Å². The maximum Gasteiger partial charge on any atom is 0.251 e. The average molecular weight is 484 g/mol. The van der Waals surface area contributed by atoms with Crippen molar-refractivity contribution in [3.05, 3.63) is 88.4 Å². The third-order valence-electron chi connectivity index (χ3n) is 5.05. The highest BCUT2D eigenvalue weighted by Gasteiger charge is 2.25. The molecule has 0 unspecified atom stereocenters. The molecule has 0 aromatic heterocycles. The first-order valence-corrected chi connectivity index (χ1v) is 10.5. The summed E-state index contributed by atoms with van der Waals surface area (Å²) in [4.78, 5) is 25.4. The normalized spacial score (nSPS) is 11.3. The maximum absolute atomic E-state index is 14.4. The minimum atomic E-state index is -1.33. The Hall–Kier alpha value is -3.96. The number of methoxy groups -OCH3 is 1. The Bertz CT molecular complexity index is 1220. The van der Waals surface area contributed by atoms with Crippen LogP contribution in [-0.4, -0.2) is 31.5 Å². The van der Waals surface area contributed by atoms with Crippen molar-refractivity contribution in [3.63, 3.8) is 0 Å². The number of nitrogens with zero attached hydrogens (tertiary/aromatic N) is 1. The number of ether oxygens (including phenoxy) is 1. The van der Waals surface area contributed by atoms with E-state index in [4.69, 9.17) is 21.6 Å². The molecule has 1 atom stereocenters. The van der Waals surface area contributed by atoms with Crippen LogP contribution in [0.15, 0.2) is 60.7 Å². The summed E-state index contributed by atoms with van der Waals surface area (Å²) < 4.78 is 33.7. The molecule has 3 aromatic rings. The molecule has 6 nitrogen and oxygen atoms in total. The number of hydrogen-bond acceptors (Lipinski definition) is 4. The van der Waals surface area contributed by atoms with Gasteiger partial charge < -0.3 is 15.4 Å². The van der Waals surface area contributed by atoms with E-state index in [9.17, 15) is 18.4 Å². The molecule has 3 aromatic carbocycles. The summed E-state index contributed by atoms with van der Waals surface area (Å²) in [6.07, 6.45) is -0.470. The van der Waals surface area contributed by atoms with Crippen molar-refractivity contribution in [1.82, 2.24) is 10.6 Å². The molecule has 0 radical (unpaired) electrons. The molecule has 0 fully saturated rings. The predicted octanol–water partition coefficient (Wildman–Crippen LogP) is 4.27. The van der Waals surface area contributed by atoms with Crippen LogP contribution in [0.5, 0.6) is 5.75 Å². The highest BCUT2D eigenvalue weighted by atomic mass is 35.5. The second-order valence-electron chi connectivity index (χ2n) is 7.23. The van der Waals surface area contributed by atoms with Crippen molar-refractivity contribution >= 4 is 23.4 Å². The largest absolute Gasteiger partial charge is 0.497 e. The lowest BCUT2D eigenvalue weighted by molar-refractivity contribution is -0.122. The highest BCUT2D eigenvalue weighted by molar-refractivity contribution is 6.33. The Balaban J connectivity index is 1.82. The van der Waals surface area contributed by atoms with Gasteiger partial charge in [0, 0.05) is 40.3 Å². The molecule has 0 bridgehead atoms. The van der Waals surface area contributed by atoms with Gasteiger partial charge in [0.2, 0.25) is 5.91 Å². The van der Waals surface area contributed by atoms with Gasteiger partial charge in [-0.25, -0.2) is 8.78 Å². The SMILES string of the molecule is COc1cc(F)c(C[C@H](NC(=O)c2ccc(-c3ccccc3Cl)cc2)C(=O)NCC#N)c(F)c1. The Labute approximate surface area is 200 Å². The van der Waals surface area contributed by atoms with Gasteiger partial charge in [-0.2, -0.15) is 5.26 Å². The molecular weight excluding hydrogens is 464 g/mol. The van der Waals surface area contributed by atoms with E-state index in [2.05, 4.69) is 10.6 Å². The Morgan fingerprint density at radius 2 is 1.74 bits per heavy atom. The van der Waals surface area contributed by atoms with Crippen LogP contribution >= 0.6 is 11.6 Å². The zero-order valence-electron chi connectivity index (χ0n) is 18.1. The molecule has 9 heteroatoms. The third kappa shape index (κ3) is 5.88. The second-order valence-corrected chi connectivity index (χ2v) is 7.64.